The first-order valence-electron chi connectivity index (χ1n) is 7.35. The third kappa shape index (κ3) is 2.94. The maximum atomic E-state index is 12.7. The number of anilines is 1. The van der Waals surface area contributed by atoms with Crippen molar-refractivity contribution in [3.8, 4) is 0 Å². The van der Waals surface area contributed by atoms with Crippen molar-refractivity contribution in [2.24, 2.45) is 0 Å². The maximum Gasteiger partial charge on any atom is 0.335 e. The van der Waals surface area contributed by atoms with E-state index in [1.807, 2.05) is 19.9 Å². The number of amides is 4. The van der Waals surface area contributed by atoms with Crippen LogP contribution in [0.15, 0.2) is 48.3 Å². The summed E-state index contributed by atoms with van der Waals surface area (Å²) in [6, 6.07) is 7.99. The monoisotopic (exact) mass is 321 g/mol. The Morgan fingerprint density at radius 3 is 2.25 bits per heavy atom. The van der Waals surface area contributed by atoms with Crippen molar-refractivity contribution in [3.05, 3.63) is 65.0 Å². The van der Waals surface area contributed by atoms with Gasteiger partial charge in [-0.15, -0.1) is 0 Å². The van der Waals surface area contributed by atoms with Gasteiger partial charge in [0.25, 0.3) is 11.8 Å². The van der Waals surface area contributed by atoms with Crippen LogP contribution in [-0.4, -0.2) is 22.8 Å². The van der Waals surface area contributed by atoms with E-state index in [0.717, 1.165) is 16.0 Å². The molecule has 6 heteroatoms. The van der Waals surface area contributed by atoms with Gasteiger partial charge in [0.05, 0.1) is 5.69 Å². The molecule has 2 heterocycles. The van der Waals surface area contributed by atoms with Crippen molar-refractivity contribution < 1.29 is 14.4 Å². The van der Waals surface area contributed by atoms with E-state index in [9.17, 15) is 14.4 Å². The van der Waals surface area contributed by atoms with E-state index < -0.39 is 17.8 Å². The molecule has 1 aromatic heterocycles. The summed E-state index contributed by atoms with van der Waals surface area (Å²) in [6.45, 7) is 3.75. The number of carbonyl (C=O) groups is 3. The van der Waals surface area contributed by atoms with Crippen molar-refractivity contribution in [3.63, 3.8) is 0 Å². The largest absolute Gasteiger partial charge is 0.335 e. The highest BCUT2D eigenvalue weighted by Crippen LogP contribution is 2.24. The molecule has 0 unspecified atom stereocenters. The minimum absolute atomic E-state index is 0.0973. The Hall–Kier alpha value is -3.28. The van der Waals surface area contributed by atoms with E-state index in [4.69, 9.17) is 0 Å². The number of pyridine rings is 1. The van der Waals surface area contributed by atoms with Gasteiger partial charge in [0.2, 0.25) is 0 Å². The Labute approximate surface area is 138 Å². The lowest BCUT2D eigenvalue weighted by atomic mass is 10.1. The van der Waals surface area contributed by atoms with Crippen molar-refractivity contribution in [1.29, 1.82) is 0 Å². The molecule has 2 aromatic rings. The summed E-state index contributed by atoms with van der Waals surface area (Å²) < 4.78 is 0. The maximum absolute atomic E-state index is 12.7. The predicted octanol–water partition coefficient (Wildman–Crippen LogP) is 2.36. The van der Waals surface area contributed by atoms with E-state index in [-0.39, 0.29) is 5.57 Å². The molecular weight excluding hydrogens is 306 g/mol. The van der Waals surface area contributed by atoms with E-state index in [1.54, 1.807) is 36.7 Å². The lowest BCUT2D eigenvalue weighted by Gasteiger charge is -2.27. The van der Waals surface area contributed by atoms with Crippen LogP contribution in [0.2, 0.25) is 0 Å². The fourth-order valence-electron chi connectivity index (χ4n) is 2.60. The van der Waals surface area contributed by atoms with Gasteiger partial charge in [0, 0.05) is 12.4 Å². The molecule has 1 aromatic carbocycles. The Morgan fingerprint density at radius 1 is 1.00 bits per heavy atom. The molecule has 0 radical (unpaired) electrons. The summed E-state index contributed by atoms with van der Waals surface area (Å²) in [6.07, 6.45) is 4.57. The predicted molar refractivity (Wildman–Crippen MR) is 89.2 cm³/mol. The van der Waals surface area contributed by atoms with Crippen molar-refractivity contribution in [1.82, 2.24) is 10.3 Å². The summed E-state index contributed by atoms with van der Waals surface area (Å²) in [7, 11) is 0. The number of hydrogen-bond acceptors (Lipinski definition) is 4. The Morgan fingerprint density at radius 2 is 1.62 bits per heavy atom. The minimum atomic E-state index is -0.748. The van der Waals surface area contributed by atoms with Crippen LogP contribution in [0, 0.1) is 13.8 Å². The highest BCUT2D eigenvalue weighted by atomic mass is 16.2. The number of carbonyl (C=O) groups excluding carboxylic acids is 3. The Bertz CT molecular complexity index is 852. The van der Waals surface area contributed by atoms with Gasteiger partial charge in [-0.3, -0.25) is 19.9 Å². The summed E-state index contributed by atoms with van der Waals surface area (Å²) in [5, 5.41) is 2.21. The number of benzene rings is 1. The van der Waals surface area contributed by atoms with Crippen molar-refractivity contribution in [2.75, 3.05) is 4.90 Å². The van der Waals surface area contributed by atoms with Gasteiger partial charge in [0.1, 0.15) is 5.57 Å². The summed E-state index contributed by atoms with van der Waals surface area (Å²) in [5.41, 5.74) is 2.82. The number of nitrogens with one attached hydrogen (secondary N) is 1. The average Bonchev–Trinajstić information content (AvgIpc) is 2.51. The second-order valence-corrected chi connectivity index (χ2v) is 5.58. The Balaban J connectivity index is 2.05. The number of nitrogens with zero attached hydrogens (tertiary/aromatic N) is 2. The third-order valence-corrected chi connectivity index (χ3v) is 3.58. The van der Waals surface area contributed by atoms with Gasteiger partial charge in [-0.25, -0.2) is 9.69 Å². The molecule has 0 saturated carbocycles. The molecule has 4 amide bonds. The third-order valence-electron chi connectivity index (χ3n) is 3.58. The van der Waals surface area contributed by atoms with E-state index >= 15 is 0 Å². The van der Waals surface area contributed by atoms with Gasteiger partial charge < -0.3 is 0 Å². The summed E-state index contributed by atoms with van der Waals surface area (Å²) in [5.74, 6) is -1.35. The summed E-state index contributed by atoms with van der Waals surface area (Å²) in [4.78, 5) is 41.8. The van der Waals surface area contributed by atoms with Gasteiger partial charge >= 0.3 is 6.03 Å². The van der Waals surface area contributed by atoms with Gasteiger partial charge in [0.15, 0.2) is 0 Å². The molecule has 1 N–H and O–H groups in total. The van der Waals surface area contributed by atoms with Crippen LogP contribution in [0.5, 0.6) is 0 Å². The molecule has 1 aliphatic rings. The van der Waals surface area contributed by atoms with Crippen LogP contribution in [0.1, 0.15) is 16.7 Å². The average molecular weight is 321 g/mol. The minimum Gasteiger partial charge on any atom is -0.273 e. The quantitative estimate of drug-likeness (QED) is 0.680. The van der Waals surface area contributed by atoms with E-state index in [0.29, 0.717) is 11.3 Å². The zero-order chi connectivity index (χ0) is 17.3. The first-order chi connectivity index (χ1) is 11.5. The molecule has 6 nitrogen and oxygen atoms in total. The lowest BCUT2D eigenvalue weighted by Crippen LogP contribution is -2.54. The number of imide groups is 2. The number of aromatic nitrogens is 1. The van der Waals surface area contributed by atoms with Gasteiger partial charge in [-0.2, -0.15) is 0 Å². The molecule has 24 heavy (non-hydrogen) atoms. The van der Waals surface area contributed by atoms with Crippen LogP contribution in [0.3, 0.4) is 0 Å². The summed E-state index contributed by atoms with van der Waals surface area (Å²) >= 11 is 0. The van der Waals surface area contributed by atoms with Crippen LogP contribution in [0.25, 0.3) is 6.08 Å². The number of barbiturate groups is 1. The molecule has 0 atom stereocenters. The Kier molecular flexibility index (Phi) is 3.95. The second-order valence-electron chi connectivity index (χ2n) is 5.58. The topological polar surface area (TPSA) is 79.4 Å². The normalized spacial score (nSPS) is 16.5. The molecule has 1 fully saturated rings. The zero-order valence-electron chi connectivity index (χ0n) is 13.2. The highest BCUT2D eigenvalue weighted by Gasteiger charge is 2.36. The van der Waals surface area contributed by atoms with Crippen molar-refractivity contribution >= 4 is 29.6 Å². The fourth-order valence-corrected chi connectivity index (χ4v) is 2.60. The number of hydrogen-bond donors (Lipinski definition) is 1. The van der Waals surface area contributed by atoms with E-state index in [2.05, 4.69) is 10.3 Å². The van der Waals surface area contributed by atoms with Crippen LogP contribution in [0.4, 0.5) is 10.5 Å². The molecule has 0 spiro atoms. The zero-order valence-corrected chi connectivity index (χ0v) is 13.2. The van der Waals surface area contributed by atoms with Gasteiger partial charge in [-0.05, 0) is 60.9 Å². The highest BCUT2D eigenvalue weighted by molar-refractivity contribution is 6.39. The molecule has 3 rings (SSSR count). The number of aryl methyl sites for hydroxylation is 2. The first kappa shape index (κ1) is 15.6. The molecule has 0 aliphatic carbocycles. The molecule has 0 bridgehead atoms. The van der Waals surface area contributed by atoms with Crippen LogP contribution < -0.4 is 10.2 Å². The van der Waals surface area contributed by atoms with Crippen molar-refractivity contribution in [2.45, 2.75) is 13.8 Å². The fraction of sp³-hybridized carbons (Fsp3) is 0.111. The molecule has 1 aliphatic heterocycles. The molecular formula is C18H15N3O3. The first-order valence-corrected chi connectivity index (χ1v) is 7.35. The van der Waals surface area contributed by atoms with Crippen LogP contribution in [-0.2, 0) is 9.59 Å². The molecule has 120 valence electrons. The number of urea groups is 1. The number of rotatable bonds is 2. The second kappa shape index (κ2) is 6.08. The van der Waals surface area contributed by atoms with E-state index in [1.165, 1.54) is 6.08 Å². The van der Waals surface area contributed by atoms with Crippen LogP contribution >= 0.6 is 0 Å². The SMILES string of the molecule is Cc1cc(C)cc(N2C(=O)NC(=O)/C(=C\c3ccncc3)C2=O)c1. The van der Waals surface area contributed by atoms with Gasteiger partial charge in [-0.1, -0.05) is 6.07 Å². The molecule has 1 saturated heterocycles. The standard InChI is InChI=1S/C18H15N3O3/c1-11-7-12(2)9-14(8-11)21-17(23)15(16(22)20-18(21)24)10-13-3-5-19-6-4-13/h3-10H,1-2H3,(H,20,22,24)/b15-10+. The smallest absolute Gasteiger partial charge is 0.273 e. The lowest BCUT2D eigenvalue weighted by molar-refractivity contribution is -0.122.